The summed E-state index contributed by atoms with van der Waals surface area (Å²) in [6.45, 7) is 2.03. The Labute approximate surface area is 99.6 Å². The van der Waals surface area contributed by atoms with Crippen molar-refractivity contribution in [3.63, 3.8) is 0 Å². The lowest BCUT2D eigenvalue weighted by atomic mass is 10.2. The van der Waals surface area contributed by atoms with Crippen molar-refractivity contribution in [1.82, 2.24) is 5.32 Å². The van der Waals surface area contributed by atoms with E-state index in [1.54, 1.807) is 25.1 Å². The van der Waals surface area contributed by atoms with Crippen LogP contribution in [0.3, 0.4) is 0 Å². The van der Waals surface area contributed by atoms with Crippen LogP contribution in [0.25, 0.3) is 0 Å². The summed E-state index contributed by atoms with van der Waals surface area (Å²) in [5.74, 6) is -0.282. The molecule has 90 valence electrons. The summed E-state index contributed by atoms with van der Waals surface area (Å²) in [6, 6.07) is 8.48. The number of ether oxygens (including phenoxy) is 1. The first-order valence-electron chi connectivity index (χ1n) is 5.18. The molecule has 0 radical (unpaired) electrons. The van der Waals surface area contributed by atoms with Crippen LogP contribution in [-0.2, 0) is 11.3 Å². The fourth-order valence-electron chi connectivity index (χ4n) is 1.22. The number of aliphatic carboxylic acids is 1. The van der Waals surface area contributed by atoms with Crippen LogP contribution in [0, 0.1) is 11.3 Å². The van der Waals surface area contributed by atoms with Crippen molar-refractivity contribution in [2.45, 2.75) is 19.5 Å². The lowest BCUT2D eigenvalue weighted by Gasteiger charge is -2.10. The van der Waals surface area contributed by atoms with Gasteiger partial charge in [-0.05, 0) is 24.6 Å². The molecule has 5 heteroatoms. The number of hydrogen-bond acceptors (Lipinski definition) is 4. The monoisotopic (exact) mass is 234 g/mol. The molecule has 0 saturated carbocycles. The van der Waals surface area contributed by atoms with Crippen LogP contribution in [0.4, 0.5) is 0 Å². The second-order valence-corrected chi connectivity index (χ2v) is 3.54. The highest BCUT2D eigenvalue weighted by Crippen LogP contribution is 2.13. The molecule has 1 aromatic carbocycles. The first-order valence-corrected chi connectivity index (χ1v) is 5.18. The number of nitriles is 1. The van der Waals surface area contributed by atoms with Gasteiger partial charge < -0.3 is 15.2 Å². The molecule has 2 N–H and O–H groups in total. The summed E-state index contributed by atoms with van der Waals surface area (Å²) in [5.41, 5.74) is 0.911. The van der Waals surface area contributed by atoms with Crippen LogP contribution in [0.2, 0.25) is 0 Å². The largest absolute Gasteiger partial charge is 0.480 e. The van der Waals surface area contributed by atoms with Crippen LogP contribution >= 0.6 is 0 Å². The number of benzene rings is 1. The number of carboxylic acid groups (broad SMARTS) is 1. The third kappa shape index (κ3) is 4.53. The Bertz CT molecular complexity index is 426. The number of nitrogens with zero attached hydrogens (tertiary/aromatic N) is 1. The molecule has 0 aliphatic heterocycles. The molecule has 1 rings (SSSR count). The van der Waals surface area contributed by atoms with E-state index in [4.69, 9.17) is 15.1 Å². The molecule has 0 amide bonds. The van der Waals surface area contributed by atoms with Gasteiger partial charge in [-0.15, -0.1) is 0 Å². The topological polar surface area (TPSA) is 82.3 Å². The maximum Gasteiger partial charge on any atom is 0.320 e. The molecule has 0 bridgehead atoms. The highest BCUT2D eigenvalue weighted by atomic mass is 16.5. The second kappa shape index (κ2) is 6.51. The normalized spacial score (nSPS) is 11.5. The van der Waals surface area contributed by atoms with E-state index in [1.165, 1.54) is 0 Å². The van der Waals surface area contributed by atoms with Gasteiger partial charge in [-0.1, -0.05) is 12.1 Å². The van der Waals surface area contributed by atoms with E-state index in [9.17, 15) is 4.79 Å². The average molecular weight is 234 g/mol. The Morgan fingerprint density at radius 1 is 1.65 bits per heavy atom. The maximum absolute atomic E-state index is 10.6. The third-order valence-electron chi connectivity index (χ3n) is 2.18. The summed E-state index contributed by atoms with van der Waals surface area (Å²) in [5, 5.41) is 20.0. The highest BCUT2D eigenvalue weighted by Gasteiger charge is 2.09. The van der Waals surface area contributed by atoms with E-state index in [2.05, 4.69) is 5.32 Å². The number of hydrogen-bond donors (Lipinski definition) is 2. The van der Waals surface area contributed by atoms with Crippen LogP contribution in [0.5, 0.6) is 5.75 Å². The Morgan fingerprint density at radius 3 is 3.06 bits per heavy atom. The summed E-state index contributed by atoms with van der Waals surface area (Å²) >= 11 is 0. The molecule has 1 atom stereocenters. The van der Waals surface area contributed by atoms with Crippen LogP contribution in [0.1, 0.15) is 12.5 Å². The SMILES string of the molecule is C[C@H](NCc1cccc(OCC#N)c1)C(=O)O. The minimum atomic E-state index is -0.887. The Hall–Kier alpha value is -2.06. The van der Waals surface area contributed by atoms with Crippen molar-refractivity contribution < 1.29 is 14.6 Å². The van der Waals surface area contributed by atoms with Gasteiger partial charge >= 0.3 is 5.97 Å². The van der Waals surface area contributed by atoms with Crippen LogP contribution in [-0.4, -0.2) is 23.7 Å². The van der Waals surface area contributed by atoms with E-state index in [0.717, 1.165) is 5.56 Å². The minimum absolute atomic E-state index is 0.00239. The molecule has 5 nitrogen and oxygen atoms in total. The lowest BCUT2D eigenvalue weighted by molar-refractivity contribution is -0.139. The average Bonchev–Trinajstić information content (AvgIpc) is 2.33. The van der Waals surface area contributed by atoms with E-state index in [1.807, 2.05) is 12.1 Å². The summed E-state index contributed by atoms with van der Waals surface area (Å²) in [6.07, 6.45) is 0. The Balaban J connectivity index is 2.54. The molecule has 0 aliphatic carbocycles. The zero-order valence-electron chi connectivity index (χ0n) is 9.51. The van der Waals surface area contributed by atoms with Gasteiger partial charge in [0.05, 0.1) is 0 Å². The fourth-order valence-corrected chi connectivity index (χ4v) is 1.22. The Kier molecular flexibility index (Phi) is 4.98. The third-order valence-corrected chi connectivity index (χ3v) is 2.18. The van der Waals surface area contributed by atoms with E-state index in [0.29, 0.717) is 12.3 Å². The number of nitrogens with one attached hydrogen (secondary N) is 1. The van der Waals surface area contributed by atoms with Gasteiger partial charge in [0.2, 0.25) is 0 Å². The molecule has 0 fully saturated rings. The molecule has 0 aliphatic rings. The number of carbonyl (C=O) groups is 1. The molecule has 0 aromatic heterocycles. The molecule has 0 spiro atoms. The van der Waals surface area contributed by atoms with Gasteiger partial charge in [0.15, 0.2) is 6.61 Å². The van der Waals surface area contributed by atoms with Gasteiger partial charge in [-0.3, -0.25) is 4.79 Å². The zero-order valence-corrected chi connectivity index (χ0v) is 9.51. The van der Waals surface area contributed by atoms with Crippen molar-refractivity contribution in [2.24, 2.45) is 0 Å². The van der Waals surface area contributed by atoms with Gasteiger partial charge in [0.25, 0.3) is 0 Å². The molecule has 1 aromatic rings. The summed E-state index contributed by atoms with van der Waals surface area (Å²) in [4.78, 5) is 10.6. The minimum Gasteiger partial charge on any atom is -0.480 e. The predicted molar refractivity (Wildman–Crippen MR) is 61.5 cm³/mol. The molecule has 0 heterocycles. The quantitative estimate of drug-likeness (QED) is 0.771. The van der Waals surface area contributed by atoms with Gasteiger partial charge in [0, 0.05) is 6.54 Å². The first-order chi connectivity index (χ1) is 8.13. The molecular formula is C12H14N2O3. The van der Waals surface area contributed by atoms with Crippen molar-refractivity contribution >= 4 is 5.97 Å². The van der Waals surface area contributed by atoms with Crippen LogP contribution in [0.15, 0.2) is 24.3 Å². The second-order valence-electron chi connectivity index (χ2n) is 3.54. The van der Waals surface area contributed by atoms with Crippen LogP contribution < -0.4 is 10.1 Å². The lowest BCUT2D eigenvalue weighted by Crippen LogP contribution is -2.33. The van der Waals surface area contributed by atoms with Crippen molar-refractivity contribution in [1.29, 1.82) is 5.26 Å². The van der Waals surface area contributed by atoms with Gasteiger partial charge in [-0.25, -0.2) is 0 Å². The van der Waals surface area contributed by atoms with Crippen molar-refractivity contribution in [3.8, 4) is 11.8 Å². The van der Waals surface area contributed by atoms with Gasteiger partial charge in [0.1, 0.15) is 17.9 Å². The molecule has 17 heavy (non-hydrogen) atoms. The standard InChI is InChI=1S/C12H14N2O3/c1-9(12(15)16)14-8-10-3-2-4-11(7-10)17-6-5-13/h2-4,7,9,14H,6,8H2,1H3,(H,15,16)/t9-/m0/s1. The summed E-state index contributed by atoms with van der Waals surface area (Å²) < 4.78 is 5.14. The zero-order chi connectivity index (χ0) is 12.7. The Morgan fingerprint density at radius 2 is 2.41 bits per heavy atom. The smallest absolute Gasteiger partial charge is 0.320 e. The molecular weight excluding hydrogens is 220 g/mol. The molecule has 0 unspecified atom stereocenters. The maximum atomic E-state index is 10.6. The number of carboxylic acids is 1. The first kappa shape index (κ1) is 13.0. The predicted octanol–water partition coefficient (Wildman–Crippen LogP) is 1.15. The van der Waals surface area contributed by atoms with Gasteiger partial charge in [-0.2, -0.15) is 5.26 Å². The van der Waals surface area contributed by atoms with E-state index in [-0.39, 0.29) is 6.61 Å². The van der Waals surface area contributed by atoms with Crippen molar-refractivity contribution in [2.75, 3.05) is 6.61 Å². The highest BCUT2D eigenvalue weighted by molar-refractivity contribution is 5.72. The number of rotatable bonds is 6. The molecule has 0 saturated heterocycles. The van der Waals surface area contributed by atoms with Crippen molar-refractivity contribution in [3.05, 3.63) is 29.8 Å². The fraction of sp³-hybridized carbons (Fsp3) is 0.333. The van der Waals surface area contributed by atoms with E-state index >= 15 is 0 Å². The van der Waals surface area contributed by atoms with E-state index < -0.39 is 12.0 Å². The summed E-state index contributed by atoms with van der Waals surface area (Å²) in [7, 11) is 0.